The second-order valence-electron chi connectivity index (χ2n) is 7.01. The van der Waals surface area contributed by atoms with Crippen LogP contribution < -0.4 is 20.7 Å². The fraction of sp³-hybridized carbons (Fsp3) is 0.208. The molecular weight excluding hydrogens is 449 g/mol. The van der Waals surface area contributed by atoms with Crippen LogP contribution in [0.1, 0.15) is 5.56 Å². The fourth-order valence-electron chi connectivity index (χ4n) is 2.85. The second-order valence-corrected chi connectivity index (χ2v) is 7.42. The van der Waals surface area contributed by atoms with E-state index in [1.165, 1.54) is 17.7 Å². The molecule has 4 N–H and O–H groups in total. The van der Waals surface area contributed by atoms with Gasteiger partial charge in [0.2, 0.25) is 0 Å². The summed E-state index contributed by atoms with van der Waals surface area (Å²) in [4.78, 5) is 0. The third-order valence-corrected chi connectivity index (χ3v) is 4.67. The van der Waals surface area contributed by atoms with Gasteiger partial charge in [0.1, 0.15) is 24.3 Å². The van der Waals surface area contributed by atoms with E-state index in [1.807, 2.05) is 54.6 Å². The molecule has 1 atom stereocenters. The van der Waals surface area contributed by atoms with Crippen LogP contribution in [-0.2, 0) is 6.42 Å². The normalized spacial score (nSPS) is 11.2. The minimum absolute atomic E-state index is 0. The molecule has 0 unspecified atom stereocenters. The zero-order valence-electron chi connectivity index (χ0n) is 17.5. The zero-order valence-corrected chi connectivity index (χ0v) is 19.1. The van der Waals surface area contributed by atoms with Gasteiger partial charge in [0, 0.05) is 17.9 Å². The molecule has 3 rings (SSSR count). The number of aliphatic hydroxyl groups is 1. The van der Waals surface area contributed by atoms with Crippen LogP contribution >= 0.6 is 24.6 Å². The van der Waals surface area contributed by atoms with Gasteiger partial charge in [-0.3, -0.25) is 0 Å². The first kappa shape index (κ1) is 25.5. The molecule has 170 valence electrons. The van der Waals surface area contributed by atoms with E-state index in [-0.39, 0.29) is 24.8 Å². The first-order chi connectivity index (χ1) is 15.1. The van der Waals surface area contributed by atoms with E-state index in [4.69, 9.17) is 17.0 Å². The van der Waals surface area contributed by atoms with Crippen LogP contribution in [0, 0.1) is 5.82 Å². The Hall–Kier alpha value is -2.71. The number of ether oxygens (including phenoxy) is 1. The highest BCUT2D eigenvalue weighted by Gasteiger charge is 2.05. The van der Waals surface area contributed by atoms with Gasteiger partial charge in [-0.05, 0) is 79.3 Å². The Balaban J connectivity index is 0.00000363. The number of anilines is 2. The van der Waals surface area contributed by atoms with Crippen LogP contribution in [0.25, 0.3) is 0 Å². The maximum Gasteiger partial charge on any atom is 0.175 e. The van der Waals surface area contributed by atoms with Gasteiger partial charge in [0.25, 0.3) is 0 Å². The van der Waals surface area contributed by atoms with Crippen molar-refractivity contribution in [3.05, 3.63) is 90.2 Å². The first-order valence-electron chi connectivity index (χ1n) is 10.1. The van der Waals surface area contributed by atoms with Crippen LogP contribution in [0.5, 0.6) is 5.75 Å². The average Bonchev–Trinajstić information content (AvgIpc) is 2.78. The Morgan fingerprint density at radius 1 is 0.906 bits per heavy atom. The number of rotatable bonds is 10. The highest BCUT2D eigenvalue weighted by molar-refractivity contribution is 7.80. The predicted octanol–water partition coefficient (Wildman–Crippen LogP) is 4.63. The van der Waals surface area contributed by atoms with Gasteiger partial charge in [0.05, 0.1) is 0 Å². The summed E-state index contributed by atoms with van der Waals surface area (Å²) in [7, 11) is 0. The monoisotopic (exact) mass is 475 g/mol. The molecule has 0 aliphatic heterocycles. The molecule has 0 fully saturated rings. The van der Waals surface area contributed by atoms with Crippen molar-refractivity contribution < 1.29 is 14.2 Å². The van der Waals surface area contributed by atoms with Crippen molar-refractivity contribution >= 4 is 41.1 Å². The lowest BCUT2D eigenvalue weighted by Crippen LogP contribution is -2.32. The van der Waals surface area contributed by atoms with Crippen molar-refractivity contribution in [2.45, 2.75) is 12.5 Å². The summed E-state index contributed by atoms with van der Waals surface area (Å²) >= 11 is 5.29. The number of halogens is 2. The molecular formula is C24H27ClFN3O2S. The molecule has 32 heavy (non-hydrogen) atoms. The van der Waals surface area contributed by atoms with E-state index in [0.717, 1.165) is 30.1 Å². The number of para-hydroxylation sites is 1. The Bertz CT molecular complexity index is 944. The molecule has 0 spiro atoms. The topological polar surface area (TPSA) is 65.5 Å². The van der Waals surface area contributed by atoms with E-state index in [1.54, 1.807) is 12.1 Å². The SMILES string of the molecule is Cl.O[C@@H](CNCCc1ccc(NC(=S)Nc2ccc(F)cc2)cc1)COc1ccccc1. The highest BCUT2D eigenvalue weighted by Crippen LogP contribution is 2.13. The van der Waals surface area contributed by atoms with Crippen molar-refractivity contribution in [3.63, 3.8) is 0 Å². The average molecular weight is 476 g/mol. The summed E-state index contributed by atoms with van der Waals surface area (Å²) in [6.45, 7) is 1.47. The van der Waals surface area contributed by atoms with Gasteiger partial charge in [-0.15, -0.1) is 12.4 Å². The molecule has 0 radical (unpaired) electrons. The lowest BCUT2D eigenvalue weighted by atomic mass is 10.1. The minimum atomic E-state index is -0.568. The number of hydrogen-bond acceptors (Lipinski definition) is 4. The van der Waals surface area contributed by atoms with E-state index in [0.29, 0.717) is 11.7 Å². The third kappa shape index (κ3) is 9.20. The quantitative estimate of drug-likeness (QED) is 0.253. The van der Waals surface area contributed by atoms with Gasteiger partial charge in [0.15, 0.2) is 5.11 Å². The summed E-state index contributed by atoms with van der Waals surface area (Å²) in [5.74, 6) is 0.465. The summed E-state index contributed by atoms with van der Waals surface area (Å²) in [6, 6.07) is 23.4. The third-order valence-electron chi connectivity index (χ3n) is 4.47. The van der Waals surface area contributed by atoms with Crippen molar-refractivity contribution in [3.8, 4) is 5.75 Å². The lowest BCUT2D eigenvalue weighted by Gasteiger charge is -2.13. The summed E-state index contributed by atoms with van der Waals surface area (Å²) in [6.07, 6.45) is 0.270. The standard InChI is InChI=1S/C24H26FN3O2S.ClH/c25-19-8-12-21(13-9-19)28-24(31)27-20-10-6-18(7-11-20)14-15-26-16-22(29)17-30-23-4-2-1-3-5-23;/h1-13,22,26,29H,14-17H2,(H2,27,28,31);1H/t22-;/m0./s1. The molecule has 0 aliphatic rings. The number of nitrogens with one attached hydrogen (secondary N) is 3. The number of hydrogen-bond donors (Lipinski definition) is 4. The molecule has 0 bridgehead atoms. The van der Waals surface area contributed by atoms with E-state index >= 15 is 0 Å². The van der Waals surface area contributed by atoms with Crippen LogP contribution in [0.3, 0.4) is 0 Å². The second kappa shape index (κ2) is 13.6. The van der Waals surface area contributed by atoms with Crippen LogP contribution in [-0.4, -0.2) is 36.0 Å². The Kier molecular flexibility index (Phi) is 10.9. The number of benzene rings is 3. The molecule has 0 aromatic heterocycles. The molecule has 8 heteroatoms. The molecule has 0 amide bonds. The van der Waals surface area contributed by atoms with Crippen molar-refractivity contribution in [1.82, 2.24) is 5.32 Å². The maximum atomic E-state index is 13.0. The number of thiocarbonyl (C=S) groups is 1. The molecule has 5 nitrogen and oxygen atoms in total. The predicted molar refractivity (Wildman–Crippen MR) is 134 cm³/mol. The molecule has 3 aromatic rings. The van der Waals surface area contributed by atoms with Gasteiger partial charge >= 0.3 is 0 Å². The lowest BCUT2D eigenvalue weighted by molar-refractivity contribution is 0.106. The summed E-state index contributed by atoms with van der Waals surface area (Å²) < 4.78 is 18.5. The largest absolute Gasteiger partial charge is 0.491 e. The zero-order chi connectivity index (χ0) is 21.9. The molecule has 0 heterocycles. The molecule has 3 aromatic carbocycles. The van der Waals surface area contributed by atoms with Crippen molar-refractivity contribution in [1.29, 1.82) is 0 Å². The Labute approximate surface area is 199 Å². The van der Waals surface area contributed by atoms with E-state index in [9.17, 15) is 9.50 Å². The van der Waals surface area contributed by atoms with Crippen LogP contribution in [0.15, 0.2) is 78.9 Å². The fourth-order valence-corrected chi connectivity index (χ4v) is 3.09. The summed E-state index contributed by atoms with van der Waals surface area (Å²) in [5, 5.41) is 19.8. The van der Waals surface area contributed by atoms with Gasteiger partial charge in [-0.25, -0.2) is 4.39 Å². The van der Waals surface area contributed by atoms with Crippen LogP contribution in [0.4, 0.5) is 15.8 Å². The van der Waals surface area contributed by atoms with E-state index < -0.39 is 6.10 Å². The minimum Gasteiger partial charge on any atom is -0.491 e. The number of aliphatic hydroxyl groups excluding tert-OH is 1. The van der Waals surface area contributed by atoms with Gasteiger partial charge in [-0.1, -0.05) is 30.3 Å². The molecule has 0 saturated heterocycles. The smallest absolute Gasteiger partial charge is 0.175 e. The van der Waals surface area contributed by atoms with Gasteiger partial charge < -0.3 is 25.8 Å². The Morgan fingerprint density at radius 2 is 1.50 bits per heavy atom. The highest BCUT2D eigenvalue weighted by atomic mass is 35.5. The summed E-state index contributed by atoms with van der Waals surface area (Å²) in [5.41, 5.74) is 2.76. The maximum absolute atomic E-state index is 13.0. The van der Waals surface area contributed by atoms with Crippen molar-refractivity contribution in [2.75, 3.05) is 30.3 Å². The Morgan fingerprint density at radius 3 is 2.12 bits per heavy atom. The van der Waals surface area contributed by atoms with Crippen LogP contribution in [0.2, 0.25) is 0 Å². The van der Waals surface area contributed by atoms with Crippen molar-refractivity contribution in [2.24, 2.45) is 0 Å². The molecule has 0 aliphatic carbocycles. The van der Waals surface area contributed by atoms with Gasteiger partial charge in [-0.2, -0.15) is 0 Å². The molecule has 0 saturated carbocycles. The van der Waals surface area contributed by atoms with E-state index in [2.05, 4.69) is 16.0 Å². The first-order valence-corrected chi connectivity index (χ1v) is 10.5.